The van der Waals surface area contributed by atoms with Crippen LogP contribution in [0.15, 0.2) is 61.1 Å². The van der Waals surface area contributed by atoms with Gasteiger partial charge in [-0.15, -0.1) is 5.10 Å². The van der Waals surface area contributed by atoms with Gasteiger partial charge in [0.1, 0.15) is 5.69 Å². The number of anilines is 2. The van der Waals surface area contributed by atoms with Crippen LogP contribution in [0.1, 0.15) is 11.1 Å². The quantitative estimate of drug-likeness (QED) is 0.495. The molecular formula is C21H18N6. The minimum atomic E-state index is 0.550. The van der Waals surface area contributed by atoms with Crippen LogP contribution < -0.4 is 5.32 Å². The largest absolute Gasteiger partial charge is 0.360 e. The molecule has 2 aromatic carbocycles. The Morgan fingerprint density at radius 2 is 1.85 bits per heavy atom. The van der Waals surface area contributed by atoms with Crippen LogP contribution in [0.4, 0.5) is 11.6 Å². The van der Waals surface area contributed by atoms with Gasteiger partial charge in [-0.25, -0.2) is 4.52 Å². The van der Waals surface area contributed by atoms with Crippen LogP contribution in [-0.4, -0.2) is 24.6 Å². The lowest BCUT2D eigenvalue weighted by atomic mass is 10.1. The number of aromatic nitrogens is 5. The molecule has 2 N–H and O–H groups in total. The number of hydrogen-bond donors (Lipinski definition) is 2. The first kappa shape index (κ1) is 15.6. The summed E-state index contributed by atoms with van der Waals surface area (Å²) in [5, 5.41) is 8.98. The van der Waals surface area contributed by atoms with Crippen molar-refractivity contribution in [2.75, 3.05) is 5.32 Å². The fourth-order valence-electron chi connectivity index (χ4n) is 3.50. The van der Waals surface area contributed by atoms with Crippen molar-refractivity contribution < 1.29 is 0 Å². The highest BCUT2D eigenvalue weighted by Gasteiger charge is 2.14. The molecule has 0 radical (unpaired) electrons. The van der Waals surface area contributed by atoms with E-state index in [4.69, 9.17) is 4.98 Å². The van der Waals surface area contributed by atoms with E-state index in [1.165, 1.54) is 11.1 Å². The third-order valence-electron chi connectivity index (χ3n) is 4.58. The van der Waals surface area contributed by atoms with E-state index in [-0.39, 0.29) is 0 Å². The zero-order valence-corrected chi connectivity index (χ0v) is 15.1. The van der Waals surface area contributed by atoms with E-state index in [0.717, 1.165) is 27.8 Å². The van der Waals surface area contributed by atoms with E-state index in [0.29, 0.717) is 11.6 Å². The van der Waals surface area contributed by atoms with Gasteiger partial charge in [-0.05, 0) is 43.2 Å². The number of hydrogen-bond acceptors (Lipinski definition) is 4. The highest BCUT2D eigenvalue weighted by atomic mass is 15.3. The van der Waals surface area contributed by atoms with Gasteiger partial charge in [-0.3, -0.25) is 4.98 Å². The summed E-state index contributed by atoms with van der Waals surface area (Å²) in [6.45, 7) is 4.16. The van der Waals surface area contributed by atoms with Gasteiger partial charge in [0.15, 0.2) is 5.65 Å². The lowest BCUT2D eigenvalue weighted by molar-refractivity contribution is 0.952. The van der Waals surface area contributed by atoms with Crippen LogP contribution in [0.3, 0.4) is 0 Å². The summed E-state index contributed by atoms with van der Waals surface area (Å²) < 4.78 is 1.76. The van der Waals surface area contributed by atoms with Crippen molar-refractivity contribution in [3.63, 3.8) is 0 Å². The third kappa shape index (κ3) is 2.71. The average Bonchev–Trinajstić information content (AvgIpc) is 3.24. The van der Waals surface area contributed by atoms with Crippen molar-refractivity contribution in [3.8, 4) is 11.3 Å². The Labute approximate surface area is 155 Å². The fraction of sp³-hybridized carbons (Fsp3) is 0.0952. The molecule has 0 unspecified atom stereocenters. The molecule has 5 rings (SSSR count). The standard InChI is InChI=1S/C21H18N6/c1-13-9-14(2)11-15(10-13)24-21-25-20-19(22-7-8-27(20)26-21)17-12-23-18-6-4-3-5-16(17)18/h3-12,23H,1-2H3,(H,24,26). The third-order valence-corrected chi connectivity index (χ3v) is 4.58. The minimum Gasteiger partial charge on any atom is -0.360 e. The highest BCUT2D eigenvalue weighted by Crippen LogP contribution is 2.29. The topological polar surface area (TPSA) is 70.9 Å². The van der Waals surface area contributed by atoms with Crippen molar-refractivity contribution in [3.05, 3.63) is 72.2 Å². The summed E-state index contributed by atoms with van der Waals surface area (Å²) in [6.07, 6.45) is 5.53. The van der Waals surface area contributed by atoms with Crippen molar-refractivity contribution in [2.24, 2.45) is 0 Å². The van der Waals surface area contributed by atoms with Gasteiger partial charge < -0.3 is 10.3 Å². The van der Waals surface area contributed by atoms with E-state index >= 15 is 0 Å². The van der Waals surface area contributed by atoms with Crippen LogP contribution in [0.2, 0.25) is 0 Å². The molecule has 0 bridgehead atoms. The molecule has 132 valence electrons. The lowest BCUT2D eigenvalue weighted by Gasteiger charge is -2.04. The molecule has 0 fully saturated rings. The molecule has 0 saturated carbocycles. The fourth-order valence-corrected chi connectivity index (χ4v) is 3.50. The maximum Gasteiger partial charge on any atom is 0.247 e. The summed E-state index contributed by atoms with van der Waals surface area (Å²) >= 11 is 0. The summed E-state index contributed by atoms with van der Waals surface area (Å²) in [5.41, 5.74) is 6.98. The number of rotatable bonds is 3. The number of fused-ring (bicyclic) bond motifs is 2. The van der Waals surface area contributed by atoms with Crippen molar-refractivity contribution in [2.45, 2.75) is 13.8 Å². The lowest BCUT2D eigenvalue weighted by Crippen LogP contribution is -1.94. The second kappa shape index (κ2) is 5.95. The number of benzene rings is 2. The first-order valence-corrected chi connectivity index (χ1v) is 8.80. The number of H-pyrrole nitrogens is 1. The Bertz CT molecular complexity index is 1260. The van der Waals surface area contributed by atoms with Crippen LogP contribution in [0.5, 0.6) is 0 Å². The molecule has 0 aliphatic rings. The van der Waals surface area contributed by atoms with Gasteiger partial charge >= 0.3 is 0 Å². The number of aromatic amines is 1. The van der Waals surface area contributed by atoms with Crippen LogP contribution in [0, 0.1) is 13.8 Å². The van der Waals surface area contributed by atoms with Crippen LogP contribution >= 0.6 is 0 Å². The van der Waals surface area contributed by atoms with Gasteiger partial charge in [0.05, 0.1) is 0 Å². The normalized spacial score (nSPS) is 11.3. The zero-order valence-electron chi connectivity index (χ0n) is 15.1. The summed E-state index contributed by atoms with van der Waals surface area (Å²) in [7, 11) is 0. The maximum absolute atomic E-state index is 4.69. The van der Waals surface area contributed by atoms with E-state index in [2.05, 4.69) is 64.6 Å². The SMILES string of the molecule is Cc1cc(C)cc(Nc2nc3c(-c4c[nH]c5ccccc45)nccn3n2)c1. The molecular weight excluding hydrogens is 336 g/mol. The Morgan fingerprint density at radius 3 is 2.70 bits per heavy atom. The average molecular weight is 354 g/mol. The minimum absolute atomic E-state index is 0.550. The summed E-state index contributed by atoms with van der Waals surface area (Å²) in [5.74, 6) is 0.550. The monoisotopic (exact) mass is 354 g/mol. The van der Waals surface area contributed by atoms with Crippen molar-refractivity contribution >= 4 is 28.2 Å². The second-order valence-corrected chi connectivity index (χ2v) is 6.73. The van der Waals surface area contributed by atoms with Crippen molar-refractivity contribution in [1.82, 2.24) is 24.6 Å². The molecule has 27 heavy (non-hydrogen) atoms. The Balaban J connectivity index is 1.61. The Kier molecular flexibility index (Phi) is 3.43. The van der Waals surface area contributed by atoms with E-state index in [1.807, 2.05) is 24.5 Å². The number of para-hydroxylation sites is 1. The smallest absolute Gasteiger partial charge is 0.247 e. The van der Waals surface area contributed by atoms with E-state index in [9.17, 15) is 0 Å². The number of nitrogens with zero attached hydrogens (tertiary/aromatic N) is 4. The van der Waals surface area contributed by atoms with Gasteiger partial charge in [0.25, 0.3) is 0 Å². The predicted molar refractivity (Wildman–Crippen MR) is 107 cm³/mol. The number of nitrogens with one attached hydrogen (secondary N) is 2. The Hall–Kier alpha value is -3.67. The van der Waals surface area contributed by atoms with Crippen LogP contribution in [-0.2, 0) is 0 Å². The van der Waals surface area contributed by atoms with E-state index in [1.54, 1.807) is 10.7 Å². The first-order chi connectivity index (χ1) is 13.2. The molecule has 0 aliphatic carbocycles. The maximum atomic E-state index is 4.69. The predicted octanol–water partition coefficient (Wildman–Crippen LogP) is 4.63. The van der Waals surface area contributed by atoms with Crippen LogP contribution in [0.25, 0.3) is 27.8 Å². The molecule has 3 heterocycles. The highest BCUT2D eigenvalue weighted by molar-refractivity contribution is 5.97. The summed E-state index contributed by atoms with van der Waals surface area (Å²) in [4.78, 5) is 12.6. The molecule has 0 saturated heterocycles. The molecule has 3 aromatic heterocycles. The zero-order chi connectivity index (χ0) is 18.4. The molecule has 0 spiro atoms. The van der Waals surface area contributed by atoms with Gasteiger partial charge in [-0.1, -0.05) is 24.3 Å². The molecule has 0 atom stereocenters. The Morgan fingerprint density at radius 1 is 1.04 bits per heavy atom. The van der Waals surface area contributed by atoms with Gasteiger partial charge in [-0.2, -0.15) is 4.98 Å². The second-order valence-electron chi connectivity index (χ2n) is 6.73. The molecule has 0 aliphatic heterocycles. The van der Waals surface area contributed by atoms with E-state index < -0.39 is 0 Å². The molecule has 5 aromatic rings. The number of aryl methyl sites for hydroxylation is 2. The first-order valence-electron chi connectivity index (χ1n) is 8.80. The summed E-state index contributed by atoms with van der Waals surface area (Å²) in [6, 6.07) is 14.5. The van der Waals surface area contributed by atoms with Gasteiger partial charge in [0.2, 0.25) is 5.95 Å². The molecule has 6 heteroatoms. The van der Waals surface area contributed by atoms with Gasteiger partial charge in [0, 0.05) is 40.7 Å². The molecule has 0 amide bonds. The molecule has 6 nitrogen and oxygen atoms in total. The van der Waals surface area contributed by atoms with Crippen molar-refractivity contribution in [1.29, 1.82) is 0 Å².